The lowest BCUT2D eigenvalue weighted by Gasteiger charge is -2.09. The summed E-state index contributed by atoms with van der Waals surface area (Å²) in [7, 11) is -3.76. The summed E-state index contributed by atoms with van der Waals surface area (Å²) in [6.45, 7) is 3.75. The molecule has 0 aliphatic heterocycles. The minimum Gasteiger partial charge on any atom is -0.241 e. The Labute approximate surface area is 166 Å². The first-order valence-corrected chi connectivity index (χ1v) is 10.8. The van der Waals surface area contributed by atoms with Gasteiger partial charge in [-0.15, -0.1) is 11.3 Å². The number of halogens is 2. The van der Waals surface area contributed by atoms with Crippen molar-refractivity contribution in [2.45, 2.75) is 25.3 Å². The quantitative estimate of drug-likeness (QED) is 0.608. The lowest BCUT2D eigenvalue weighted by molar-refractivity contribution is 0.581. The molecule has 3 aromatic rings. The fourth-order valence-corrected chi connectivity index (χ4v) is 5.30. The number of aryl methyl sites for hydroxylation is 2. The van der Waals surface area contributed by atoms with E-state index in [9.17, 15) is 8.42 Å². The highest BCUT2D eigenvalue weighted by Gasteiger charge is 2.20. The molecule has 3 rings (SSSR count). The van der Waals surface area contributed by atoms with Crippen molar-refractivity contribution in [2.24, 2.45) is 0 Å². The third-order valence-electron chi connectivity index (χ3n) is 3.84. The first kappa shape index (κ1) is 19.3. The van der Waals surface area contributed by atoms with Crippen molar-refractivity contribution in [2.75, 3.05) is 0 Å². The Morgan fingerprint density at radius 3 is 2.46 bits per heavy atom. The maximum absolute atomic E-state index is 12.6. The predicted octanol–water partition coefficient (Wildman–Crippen LogP) is 5.21. The Kier molecular flexibility index (Phi) is 5.69. The van der Waals surface area contributed by atoms with Gasteiger partial charge in [0.2, 0.25) is 10.0 Å². The average molecular weight is 427 g/mol. The number of benzene rings is 2. The first-order valence-electron chi connectivity index (χ1n) is 7.75. The SMILES string of the molecule is Cc1cc(S(=O)(=O)NCc2sc(-c3ccccc3)nc2C)c(Cl)cc1Cl. The molecule has 0 spiro atoms. The molecular formula is C18H16Cl2N2O2S2. The van der Waals surface area contributed by atoms with Crippen molar-refractivity contribution in [3.63, 3.8) is 0 Å². The van der Waals surface area contributed by atoms with E-state index in [2.05, 4.69) is 9.71 Å². The molecule has 26 heavy (non-hydrogen) atoms. The summed E-state index contributed by atoms with van der Waals surface area (Å²) in [5, 5.41) is 1.39. The highest BCUT2D eigenvalue weighted by molar-refractivity contribution is 7.89. The van der Waals surface area contributed by atoms with Gasteiger partial charge in [0, 0.05) is 22.0 Å². The van der Waals surface area contributed by atoms with Gasteiger partial charge in [0.05, 0.1) is 10.7 Å². The Balaban J connectivity index is 1.83. The topological polar surface area (TPSA) is 59.1 Å². The Bertz CT molecular complexity index is 1050. The molecule has 0 fully saturated rings. The summed E-state index contributed by atoms with van der Waals surface area (Å²) in [5.74, 6) is 0. The zero-order valence-electron chi connectivity index (χ0n) is 14.1. The summed E-state index contributed by atoms with van der Waals surface area (Å²) >= 11 is 13.5. The number of thiazole rings is 1. The minimum atomic E-state index is -3.76. The summed E-state index contributed by atoms with van der Waals surface area (Å²) < 4.78 is 27.8. The summed E-state index contributed by atoms with van der Waals surface area (Å²) in [6.07, 6.45) is 0. The van der Waals surface area contributed by atoms with E-state index < -0.39 is 10.0 Å². The minimum absolute atomic E-state index is 0.0199. The fourth-order valence-electron chi connectivity index (χ4n) is 2.37. The van der Waals surface area contributed by atoms with Crippen LogP contribution in [-0.2, 0) is 16.6 Å². The average Bonchev–Trinajstić information content (AvgIpc) is 2.98. The smallest absolute Gasteiger partial charge is 0.241 e. The predicted molar refractivity (Wildman–Crippen MR) is 108 cm³/mol. The second kappa shape index (κ2) is 7.66. The van der Waals surface area contributed by atoms with Crippen LogP contribution in [0.4, 0.5) is 0 Å². The van der Waals surface area contributed by atoms with Crippen LogP contribution in [0, 0.1) is 13.8 Å². The molecule has 0 bridgehead atoms. The molecule has 0 saturated carbocycles. The number of hydrogen-bond acceptors (Lipinski definition) is 4. The fraction of sp³-hybridized carbons (Fsp3) is 0.167. The van der Waals surface area contributed by atoms with Gasteiger partial charge in [-0.1, -0.05) is 53.5 Å². The second-order valence-corrected chi connectivity index (χ2v) is 9.38. The van der Waals surface area contributed by atoms with E-state index >= 15 is 0 Å². The molecule has 0 atom stereocenters. The van der Waals surface area contributed by atoms with Crippen LogP contribution in [0.3, 0.4) is 0 Å². The van der Waals surface area contributed by atoms with E-state index in [1.807, 2.05) is 37.3 Å². The largest absolute Gasteiger partial charge is 0.242 e. The standard InChI is InChI=1S/C18H16Cl2N2O2S2/c1-11-8-17(15(20)9-14(11)19)26(23,24)21-10-16-12(2)22-18(25-16)13-6-4-3-5-7-13/h3-9,21H,10H2,1-2H3. The van der Waals surface area contributed by atoms with Gasteiger partial charge in [-0.3, -0.25) is 0 Å². The van der Waals surface area contributed by atoms with E-state index in [4.69, 9.17) is 23.2 Å². The molecule has 0 unspecified atom stereocenters. The van der Waals surface area contributed by atoms with E-state index in [0.29, 0.717) is 10.6 Å². The molecular weight excluding hydrogens is 411 g/mol. The molecule has 2 aromatic carbocycles. The molecule has 1 aromatic heterocycles. The summed E-state index contributed by atoms with van der Waals surface area (Å²) in [4.78, 5) is 5.41. The molecule has 0 aliphatic carbocycles. The van der Waals surface area contributed by atoms with E-state index in [0.717, 1.165) is 21.1 Å². The van der Waals surface area contributed by atoms with E-state index in [-0.39, 0.29) is 16.5 Å². The van der Waals surface area contributed by atoms with Crippen molar-refractivity contribution < 1.29 is 8.42 Å². The maximum Gasteiger partial charge on any atom is 0.242 e. The lowest BCUT2D eigenvalue weighted by Crippen LogP contribution is -2.23. The highest BCUT2D eigenvalue weighted by Crippen LogP contribution is 2.30. The molecule has 1 heterocycles. The molecule has 0 saturated heterocycles. The van der Waals surface area contributed by atoms with Crippen LogP contribution < -0.4 is 4.72 Å². The van der Waals surface area contributed by atoms with E-state index in [1.54, 1.807) is 6.92 Å². The highest BCUT2D eigenvalue weighted by atomic mass is 35.5. The van der Waals surface area contributed by atoms with Gasteiger partial charge in [-0.05, 0) is 31.5 Å². The van der Waals surface area contributed by atoms with Crippen LogP contribution in [-0.4, -0.2) is 13.4 Å². The van der Waals surface area contributed by atoms with Gasteiger partial charge >= 0.3 is 0 Å². The maximum atomic E-state index is 12.6. The summed E-state index contributed by atoms with van der Waals surface area (Å²) in [5.41, 5.74) is 2.46. The van der Waals surface area contributed by atoms with Crippen LogP contribution in [0.2, 0.25) is 10.0 Å². The molecule has 0 radical (unpaired) electrons. The first-order chi connectivity index (χ1) is 12.3. The van der Waals surface area contributed by atoms with Crippen LogP contribution in [0.15, 0.2) is 47.4 Å². The molecule has 1 N–H and O–H groups in total. The third kappa shape index (κ3) is 4.10. The van der Waals surface area contributed by atoms with Crippen molar-refractivity contribution in [3.05, 3.63) is 68.6 Å². The van der Waals surface area contributed by atoms with Crippen LogP contribution >= 0.6 is 34.5 Å². The van der Waals surface area contributed by atoms with Crippen LogP contribution in [0.25, 0.3) is 10.6 Å². The molecule has 8 heteroatoms. The zero-order valence-corrected chi connectivity index (χ0v) is 17.2. The number of nitrogens with one attached hydrogen (secondary N) is 1. The number of aromatic nitrogens is 1. The molecule has 0 aliphatic rings. The lowest BCUT2D eigenvalue weighted by atomic mass is 10.2. The normalized spacial score (nSPS) is 11.7. The van der Waals surface area contributed by atoms with Crippen molar-refractivity contribution >= 4 is 44.6 Å². The van der Waals surface area contributed by atoms with Gasteiger partial charge in [0.1, 0.15) is 9.90 Å². The van der Waals surface area contributed by atoms with Gasteiger partial charge in [-0.2, -0.15) is 0 Å². The van der Waals surface area contributed by atoms with Gasteiger partial charge in [-0.25, -0.2) is 18.1 Å². The summed E-state index contributed by atoms with van der Waals surface area (Å²) in [6, 6.07) is 12.7. The number of rotatable bonds is 5. The van der Waals surface area contributed by atoms with Crippen molar-refractivity contribution in [3.8, 4) is 10.6 Å². The van der Waals surface area contributed by atoms with Gasteiger partial charge < -0.3 is 0 Å². The molecule has 0 amide bonds. The Morgan fingerprint density at radius 1 is 1.08 bits per heavy atom. The van der Waals surface area contributed by atoms with Crippen molar-refractivity contribution in [1.29, 1.82) is 0 Å². The zero-order chi connectivity index (χ0) is 18.9. The monoisotopic (exact) mass is 426 g/mol. The van der Waals surface area contributed by atoms with Gasteiger partial charge in [0.15, 0.2) is 0 Å². The second-order valence-electron chi connectivity index (χ2n) is 5.75. The molecule has 4 nitrogen and oxygen atoms in total. The van der Waals surface area contributed by atoms with Crippen molar-refractivity contribution in [1.82, 2.24) is 9.71 Å². The third-order valence-corrected chi connectivity index (χ3v) is 7.32. The van der Waals surface area contributed by atoms with Crippen LogP contribution in [0.5, 0.6) is 0 Å². The van der Waals surface area contributed by atoms with Gasteiger partial charge in [0.25, 0.3) is 0 Å². The number of nitrogens with zero attached hydrogens (tertiary/aromatic N) is 1. The number of sulfonamides is 1. The molecule has 136 valence electrons. The van der Waals surface area contributed by atoms with E-state index in [1.165, 1.54) is 23.5 Å². The number of hydrogen-bond donors (Lipinski definition) is 1. The Morgan fingerprint density at radius 2 is 1.77 bits per heavy atom. The Hall–Kier alpha value is -1.44. The van der Waals surface area contributed by atoms with Crippen LogP contribution in [0.1, 0.15) is 16.1 Å².